The smallest absolute Gasteiger partial charge is 0.251 e. The molecule has 0 aromatic carbocycles. The molecule has 0 aliphatic carbocycles. The average molecular weight is 191 g/mol. The van der Waals surface area contributed by atoms with Crippen LogP contribution in [0, 0.1) is 0 Å². The van der Waals surface area contributed by atoms with Gasteiger partial charge in [-0.2, -0.15) is 0 Å². The Morgan fingerprint density at radius 3 is 2.38 bits per heavy atom. The van der Waals surface area contributed by atoms with Crippen molar-refractivity contribution < 1.29 is 19.7 Å². The minimum atomic E-state index is -1.20. The van der Waals surface area contributed by atoms with E-state index in [9.17, 15) is 9.90 Å². The van der Waals surface area contributed by atoms with Gasteiger partial charge in [0.2, 0.25) is 0 Å². The van der Waals surface area contributed by atoms with Crippen molar-refractivity contribution in [2.24, 2.45) is 0 Å². The molecule has 13 heavy (non-hydrogen) atoms. The molecule has 0 fully saturated rings. The van der Waals surface area contributed by atoms with Crippen LogP contribution in [0.2, 0.25) is 0 Å². The van der Waals surface area contributed by atoms with Crippen LogP contribution < -0.4 is 5.32 Å². The second-order valence-corrected chi connectivity index (χ2v) is 2.78. The minimum absolute atomic E-state index is 0.418. The lowest BCUT2D eigenvalue weighted by Gasteiger charge is -2.22. The Kier molecular flexibility index (Phi) is 5.61. The molecule has 2 unspecified atom stereocenters. The maximum Gasteiger partial charge on any atom is 0.251 e. The van der Waals surface area contributed by atoms with Crippen molar-refractivity contribution in [3.05, 3.63) is 0 Å². The molecule has 0 aromatic heterocycles. The first-order valence-electron chi connectivity index (χ1n) is 4.21. The molecular formula is C8H17NO4. The van der Waals surface area contributed by atoms with Crippen LogP contribution in [-0.4, -0.2) is 48.1 Å². The Bertz CT molecular complexity index is 160. The SMILES string of the molecule is CCNC(=O)[C@@H](OC)C(O)C(C)O. The van der Waals surface area contributed by atoms with Gasteiger partial charge in [-0.1, -0.05) is 0 Å². The van der Waals surface area contributed by atoms with Crippen LogP contribution in [0.1, 0.15) is 13.8 Å². The third kappa shape index (κ3) is 3.71. The topological polar surface area (TPSA) is 78.8 Å². The summed E-state index contributed by atoms with van der Waals surface area (Å²) < 4.78 is 4.77. The van der Waals surface area contributed by atoms with E-state index in [1.165, 1.54) is 14.0 Å². The lowest BCUT2D eigenvalue weighted by molar-refractivity contribution is -0.143. The Hall–Kier alpha value is -0.650. The molecular weight excluding hydrogens is 174 g/mol. The van der Waals surface area contributed by atoms with Crippen molar-refractivity contribution in [1.29, 1.82) is 0 Å². The normalized spacial score (nSPS) is 17.6. The van der Waals surface area contributed by atoms with E-state index in [0.29, 0.717) is 6.54 Å². The van der Waals surface area contributed by atoms with Crippen LogP contribution in [0.5, 0.6) is 0 Å². The highest BCUT2D eigenvalue weighted by Crippen LogP contribution is 2.03. The van der Waals surface area contributed by atoms with Crippen LogP contribution in [-0.2, 0) is 9.53 Å². The van der Waals surface area contributed by atoms with E-state index in [-0.39, 0.29) is 0 Å². The predicted octanol–water partition coefficient (Wildman–Crippen LogP) is -1.12. The Morgan fingerprint density at radius 2 is 2.08 bits per heavy atom. The third-order valence-corrected chi connectivity index (χ3v) is 1.67. The summed E-state index contributed by atoms with van der Waals surface area (Å²) in [6.45, 7) is 3.63. The number of nitrogens with one attached hydrogen (secondary N) is 1. The van der Waals surface area contributed by atoms with Gasteiger partial charge < -0.3 is 20.3 Å². The molecule has 0 aromatic rings. The van der Waals surface area contributed by atoms with Gasteiger partial charge in [0.05, 0.1) is 6.10 Å². The third-order valence-electron chi connectivity index (χ3n) is 1.67. The molecule has 0 aliphatic rings. The standard InChI is InChI=1S/C8H17NO4/c1-4-9-8(12)7(13-3)6(11)5(2)10/h5-7,10-11H,4H2,1-3H3,(H,9,12)/t5?,6?,7-/m0/s1. The first-order chi connectivity index (χ1) is 6.04. The maximum atomic E-state index is 11.2. The second kappa shape index (κ2) is 5.90. The summed E-state index contributed by atoms with van der Waals surface area (Å²) in [4.78, 5) is 11.2. The van der Waals surface area contributed by atoms with Gasteiger partial charge >= 0.3 is 0 Å². The van der Waals surface area contributed by atoms with E-state index in [1.807, 2.05) is 0 Å². The van der Waals surface area contributed by atoms with E-state index < -0.39 is 24.2 Å². The van der Waals surface area contributed by atoms with E-state index in [1.54, 1.807) is 6.92 Å². The number of carbonyl (C=O) groups excluding carboxylic acids is 1. The monoisotopic (exact) mass is 191 g/mol. The summed E-state index contributed by atoms with van der Waals surface area (Å²) >= 11 is 0. The molecule has 0 heterocycles. The van der Waals surface area contributed by atoms with Crippen molar-refractivity contribution >= 4 is 5.91 Å². The van der Waals surface area contributed by atoms with Crippen LogP contribution in [0.25, 0.3) is 0 Å². The molecule has 0 aliphatic heterocycles. The number of methoxy groups -OCH3 is 1. The first kappa shape index (κ1) is 12.3. The molecule has 0 radical (unpaired) electrons. The fourth-order valence-corrected chi connectivity index (χ4v) is 0.929. The molecule has 1 amide bonds. The molecule has 78 valence electrons. The van der Waals surface area contributed by atoms with Gasteiger partial charge in [-0.3, -0.25) is 4.79 Å². The predicted molar refractivity (Wildman–Crippen MR) is 47.2 cm³/mol. The van der Waals surface area contributed by atoms with Gasteiger partial charge in [-0.15, -0.1) is 0 Å². The number of hydrogen-bond acceptors (Lipinski definition) is 4. The molecule has 3 atom stereocenters. The molecule has 0 saturated carbocycles. The van der Waals surface area contributed by atoms with Gasteiger partial charge in [-0.25, -0.2) is 0 Å². The maximum absolute atomic E-state index is 11.2. The van der Waals surface area contributed by atoms with Crippen LogP contribution >= 0.6 is 0 Å². The number of rotatable bonds is 5. The summed E-state index contributed by atoms with van der Waals surface area (Å²) in [5.74, 6) is -0.418. The van der Waals surface area contributed by atoms with Crippen molar-refractivity contribution in [2.45, 2.75) is 32.2 Å². The fourth-order valence-electron chi connectivity index (χ4n) is 0.929. The summed E-state index contributed by atoms with van der Waals surface area (Å²) in [6, 6.07) is 0. The Balaban J connectivity index is 4.23. The van der Waals surface area contributed by atoms with Gasteiger partial charge in [0.15, 0.2) is 6.10 Å². The zero-order valence-corrected chi connectivity index (χ0v) is 8.15. The Labute approximate surface area is 77.7 Å². The zero-order chi connectivity index (χ0) is 10.4. The van der Waals surface area contributed by atoms with Gasteiger partial charge in [-0.05, 0) is 13.8 Å². The summed E-state index contributed by atoms with van der Waals surface area (Å²) in [5.41, 5.74) is 0. The van der Waals surface area contributed by atoms with Gasteiger partial charge in [0, 0.05) is 13.7 Å². The van der Waals surface area contributed by atoms with Crippen molar-refractivity contribution in [1.82, 2.24) is 5.32 Å². The summed E-state index contributed by atoms with van der Waals surface area (Å²) in [6.07, 6.45) is -3.20. The quantitative estimate of drug-likeness (QED) is 0.514. The van der Waals surface area contributed by atoms with E-state index in [0.717, 1.165) is 0 Å². The lowest BCUT2D eigenvalue weighted by atomic mass is 10.1. The highest BCUT2D eigenvalue weighted by atomic mass is 16.5. The number of carbonyl (C=O) groups is 1. The molecule has 0 rings (SSSR count). The number of aliphatic hydroxyl groups is 2. The fraction of sp³-hybridized carbons (Fsp3) is 0.875. The average Bonchev–Trinajstić information content (AvgIpc) is 2.05. The summed E-state index contributed by atoms with van der Waals surface area (Å²) in [5, 5.41) is 20.9. The molecule has 0 spiro atoms. The largest absolute Gasteiger partial charge is 0.391 e. The van der Waals surface area contributed by atoms with E-state index in [4.69, 9.17) is 9.84 Å². The summed E-state index contributed by atoms with van der Waals surface area (Å²) in [7, 11) is 1.31. The van der Waals surface area contributed by atoms with E-state index >= 15 is 0 Å². The van der Waals surface area contributed by atoms with Crippen molar-refractivity contribution in [3.63, 3.8) is 0 Å². The van der Waals surface area contributed by atoms with Crippen molar-refractivity contribution in [3.8, 4) is 0 Å². The molecule has 5 heteroatoms. The zero-order valence-electron chi connectivity index (χ0n) is 8.15. The molecule has 5 nitrogen and oxygen atoms in total. The highest BCUT2D eigenvalue weighted by molar-refractivity contribution is 5.81. The second-order valence-electron chi connectivity index (χ2n) is 2.78. The number of ether oxygens (including phenoxy) is 1. The number of aliphatic hydroxyl groups excluding tert-OH is 2. The number of hydrogen-bond donors (Lipinski definition) is 3. The van der Waals surface area contributed by atoms with Gasteiger partial charge in [0.25, 0.3) is 5.91 Å². The molecule has 0 bridgehead atoms. The van der Waals surface area contributed by atoms with E-state index in [2.05, 4.69) is 5.32 Å². The highest BCUT2D eigenvalue weighted by Gasteiger charge is 2.29. The van der Waals surface area contributed by atoms with Crippen LogP contribution in [0.15, 0.2) is 0 Å². The van der Waals surface area contributed by atoms with Crippen LogP contribution in [0.4, 0.5) is 0 Å². The Morgan fingerprint density at radius 1 is 1.54 bits per heavy atom. The lowest BCUT2D eigenvalue weighted by Crippen LogP contribution is -2.47. The first-order valence-corrected chi connectivity index (χ1v) is 4.21. The molecule has 0 saturated heterocycles. The number of likely N-dealkylation sites (N-methyl/N-ethyl adjacent to an activating group) is 1. The number of amides is 1. The van der Waals surface area contributed by atoms with Crippen molar-refractivity contribution in [2.75, 3.05) is 13.7 Å². The minimum Gasteiger partial charge on any atom is -0.391 e. The molecule has 3 N–H and O–H groups in total. The van der Waals surface area contributed by atoms with Gasteiger partial charge in [0.1, 0.15) is 6.10 Å². The van der Waals surface area contributed by atoms with Crippen LogP contribution in [0.3, 0.4) is 0 Å².